The van der Waals surface area contributed by atoms with Crippen LogP contribution in [0.15, 0.2) is 36.4 Å². The second kappa shape index (κ2) is 8.23. The summed E-state index contributed by atoms with van der Waals surface area (Å²) in [5.41, 5.74) is -0.763. The van der Waals surface area contributed by atoms with Crippen LogP contribution in [0.4, 0.5) is 17.1 Å². The first-order valence-corrected chi connectivity index (χ1v) is 7.73. The number of ether oxygens (including phenoxy) is 1. The van der Waals surface area contributed by atoms with E-state index in [1.807, 2.05) is 0 Å². The standard InChI is InChI=1S/C16H12ClN3O7/c1-9-11(3-2-4-13(9)19(23)24)16(22)27-8-15(21)18-12-7-10(17)5-6-14(12)20(25)26/h2-7H,8H2,1H3,(H,18,21). The molecule has 0 unspecified atom stereocenters. The van der Waals surface area contributed by atoms with Crippen LogP contribution in [0.2, 0.25) is 5.02 Å². The number of carbonyl (C=O) groups excluding carboxylic acids is 2. The molecule has 0 aliphatic carbocycles. The first kappa shape index (κ1) is 19.8. The summed E-state index contributed by atoms with van der Waals surface area (Å²) in [5, 5.41) is 24.3. The normalized spacial score (nSPS) is 10.1. The monoisotopic (exact) mass is 393 g/mol. The van der Waals surface area contributed by atoms with Gasteiger partial charge in [-0.3, -0.25) is 25.0 Å². The van der Waals surface area contributed by atoms with Crippen LogP contribution in [0, 0.1) is 27.2 Å². The SMILES string of the molecule is Cc1c(C(=O)OCC(=O)Nc2cc(Cl)ccc2[N+](=O)[O-])cccc1[N+](=O)[O-]. The molecule has 0 radical (unpaired) electrons. The molecule has 0 spiro atoms. The van der Waals surface area contributed by atoms with Gasteiger partial charge in [0.25, 0.3) is 17.3 Å². The maximum Gasteiger partial charge on any atom is 0.339 e. The molecule has 10 nitrogen and oxygen atoms in total. The highest BCUT2D eigenvalue weighted by molar-refractivity contribution is 6.31. The lowest BCUT2D eigenvalue weighted by molar-refractivity contribution is -0.385. The number of anilines is 1. The van der Waals surface area contributed by atoms with Crippen molar-refractivity contribution in [1.82, 2.24) is 0 Å². The third-order valence-corrected chi connectivity index (χ3v) is 3.72. The molecule has 2 aromatic carbocycles. The fraction of sp³-hybridized carbons (Fsp3) is 0.125. The Morgan fingerprint density at radius 2 is 1.78 bits per heavy atom. The Balaban J connectivity index is 2.08. The molecular formula is C16H12ClN3O7. The Morgan fingerprint density at radius 1 is 1.11 bits per heavy atom. The fourth-order valence-electron chi connectivity index (χ4n) is 2.21. The molecule has 0 saturated heterocycles. The number of carbonyl (C=O) groups is 2. The van der Waals surface area contributed by atoms with Gasteiger partial charge in [-0.05, 0) is 25.1 Å². The van der Waals surface area contributed by atoms with Gasteiger partial charge in [0.15, 0.2) is 6.61 Å². The summed E-state index contributed by atoms with van der Waals surface area (Å²) < 4.78 is 4.83. The van der Waals surface area contributed by atoms with Gasteiger partial charge in [-0.15, -0.1) is 0 Å². The number of nitro benzene ring substituents is 2. The lowest BCUT2D eigenvalue weighted by Crippen LogP contribution is -2.21. The number of amides is 1. The van der Waals surface area contributed by atoms with Crippen molar-refractivity contribution in [1.29, 1.82) is 0 Å². The molecular weight excluding hydrogens is 382 g/mol. The quantitative estimate of drug-likeness (QED) is 0.450. The van der Waals surface area contributed by atoms with Crippen LogP contribution in [-0.4, -0.2) is 28.3 Å². The first-order chi connectivity index (χ1) is 12.7. The number of nitrogens with zero attached hydrogens (tertiary/aromatic N) is 2. The number of hydrogen-bond acceptors (Lipinski definition) is 7. The largest absolute Gasteiger partial charge is 0.452 e. The molecule has 0 bridgehead atoms. The molecule has 0 aliphatic rings. The van der Waals surface area contributed by atoms with E-state index in [-0.39, 0.29) is 33.2 Å². The Bertz CT molecular complexity index is 946. The Kier molecular flexibility index (Phi) is 6.03. The molecule has 1 amide bonds. The zero-order chi connectivity index (χ0) is 20.1. The molecule has 0 atom stereocenters. The minimum atomic E-state index is -0.938. The van der Waals surface area contributed by atoms with Crippen molar-refractivity contribution in [3.63, 3.8) is 0 Å². The van der Waals surface area contributed by atoms with Crippen LogP contribution in [0.1, 0.15) is 15.9 Å². The summed E-state index contributed by atoms with van der Waals surface area (Å²) in [7, 11) is 0. The van der Waals surface area contributed by atoms with E-state index < -0.39 is 28.3 Å². The summed E-state index contributed by atoms with van der Waals surface area (Å²) in [6.07, 6.45) is 0. The Labute approximate surface area is 157 Å². The van der Waals surface area contributed by atoms with Crippen LogP contribution in [0.5, 0.6) is 0 Å². The second-order valence-corrected chi connectivity index (χ2v) is 5.69. The van der Waals surface area contributed by atoms with Crippen molar-refractivity contribution >= 4 is 40.5 Å². The molecule has 0 heterocycles. The maximum absolute atomic E-state index is 12.1. The molecule has 27 heavy (non-hydrogen) atoms. The molecule has 0 aliphatic heterocycles. The topological polar surface area (TPSA) is 142 Å². The van der Waals surface area contributed by atoms with Crippen molar-refractivity contribution in [2.45, 2.75) is 6.92 Å². The van der Waals surface area contributed by atoms with Gasteiger partial charge in [-0.2, -0.15) is 0 Å². The van der Waals surface area contributed by atoms with E-state index in [1.165, 1.54) is 37.3 Å². The van der Waals surface area contributed by atoms with Gasteiger partial charge in [0.2, 0.25) is 0 Å². The van der Waals surface area contributed by atoms with Crippen molar-refractivity contribution in [2.75, 3.05) is 11.9 Å². The van der Waals surface area contributed by atoms with Crippen molar-refractivity contribution < 1.29 is 24.2 Å². The van der Waals surface area contributed by atoms with E-state index in [0.29, 0.717) is 0 Å². The predicted octanol–water partition coefficient (Wildman–Crippen LogP) is 3.26. The smallest absolute Gasteiger partial charge is 0.339 e. The fourth-order valence-corrected chi connectivity index (χ4v) is 2.38. The molecule has 0 fully saturated rings. The number of halogens is 1. The Hall–Kier alpha value is -3.53. The van der Waals surface area contributed by atoms with Crippen LogP contribution in [0.25, 0.3) is 0 Å². The summed E-state index contributed by atoms with van der Waals surface area (Å²) in [4.78, 5) is 44.5. The minimum absolute atomic E-state index is 0.0641. The summed E-state index contributed by atoms with van der Waals surface area (Å²) in [5.74, 6) is -1.77. The average Bonchev–Trinajstić information content (AvgIpc) is 2.59. The predicted molar refractivity (Wildman–Crippen MR) is 94.9 cm³/mol. The zero-order valence-electron chi connectivity index (χ0n) is 13.8. The van der Waals surface area contributed by atoms with Gasteiger partial charge in [0, 0.05) is 22.7 Å². The van der Waals surface area contributed by atoms with Crippen molar-refractivity contribution in [2.24, 2.45) is 0 Å². The van der Waals surface area contributed by atoms with Crippen molar-refractivity contribution in [3.8, 4) is 0 Å². The lowest BCUT2D eigenvalue weighted by Gasteiger charge is -2.09. The molecule has 0 saturated carbocycles. The summed E-state index contributed by atoms with van der Waals surface area (Å²) >= 11 is 5.76. The van der Waals surface area contributed by atoms with Crippen LogP contribution < -0.4 is 5.32 Å². The third kappa shape index (κ3) is 4.76. The van der Waals surface area contributed by atoms with E-state index in [2.05, 4.69) is 5.32 Å². The highest BCUT2D eigenvalue weighted by atomic mass is 35.5. The van der Waals surface area contributed by atoms with E-state index >= 15 is 0 Å². The van der Waals surface area contributed by atoms with Gasteiger partial charge in [-0.1, -0.05) is 17.7 Å². The number of rotatable bonds is 6. The zero-order valence-corrected chi connectivity index (χ0v) is 14.6. The van der Waals surface area contributed by atoms with Gasteiger partial charge >= 0.3 is 5.97 Å². The average molecular weight is 394 g/mol. The summed E-state index contributed by atoms with van der Waals surface area (Å²) in [6, 6.07) is 7.47. The minimum Gasteiger partial charge on any atom is -0.452 e. The summed E-state index contributed by atoms with van der Waals surface area (Å²) in [6.45, 7) is 0.634. The van der Waals surface area contributed by atoms with Gasteiger partial charge in [-0.25, -0.2) is 4.79 Å². The number of nitrogens with one attached hydrogen (secondary N) is 1. The third-order valence-electron chi connectivity index (χ3n) is 3.49. The van der Waals surface area contributed by atoms with Crippen LogP contribution >= 0.6 is 11.6 Å². The first-order valence-electron chi connectivity index (χ1n) is 7.35. The van der Waals surface area contributed by atoms with Crippen molar-refractivity contribution in [3.05, 3.63) is 72.8 Å². The number of esters is 1. The molecule has 1 N–H and O–H groups in total. The number of nitro groups is 2. The molecule has 2 rings (SSSR count). The van der Waals surface area contributed by atoms with E-state index in [4.69, 9.17) is 16.3 Å². The highest BCUT2D eigenvalue weighted by Gasteiger charge is 2.21. The molecule has 140 valence electrons. The molecule has 2 aromatic rings. The van der Waals surface area contributed by atoms with E-state index in [1.54, 1.807) is 0 Å². The number of hydrogen-bond donors (Lipinski definition) is 1. The van der Waals surface area contributed by atoms with Crippen LogP contribution in [0.3, 0.4) is 0 Å². The van der Waals surface area contributed by atoms with Gasteiger partial charge in [0.05, 0.1) is 15.4 Å². The molecule has 11 heteroatoms. The number of benzene rings is 2. The Morgan fingerprint density at radius 3 is 2.41 bits per heavy atom. The second-order valence-electron chi connectivity index (χ2n) is 5.25. The maximum atomic E-state index is 12.1. The molecule has 0 aromatic heterocycles. The van der Waals surface area contributed by atoms with Gasteiger partial charge in [0.1, 0.15) is 5.69 Å². The van der Waals surface area contributed by atoms with Gasteiger partial charge < -0.3 is 10.1 Å². The van der Waals surface area contributed by atoms with Crippen LogP contribution in [-0.2, 0) is 9.53 Å². The highest BCUT2D eigenvalue weighted by Crippen LogP contribution is 2.27. The lowest BCUT2D eigenvalue weighted by atomic mass is 10.1. The van der Waals surface area contributed by atoms with E-state index in [0.717, 1.165) is 6.07 Å². The van der Waals surface area contributed by atoms with E-state index in [9.17, 15) is 29.8 Å².